The smallest absolute Gasteiger partial charge is 0.339 e. The van der Waals surface area contributed by atoms with Gasteiger partial charge in [0.15, 0.2) is 5.75 Å². The van der Waals surface area contributed by atoms with Crippen molar-refractivity contribution >= 4 is 16.7 Å². The molecule has 6 heteroatoms. The number of ether oxygens (including phenoxy) is 2. The lowest BCUT2D eigenvalue weighted by Gasteiger charge is -2.07. The molecule has 0 bridgehead atoms. The molecule has 0 fully saturated rings. The van der Waals surface area contributed by atoms with Crippen LogP contribution in [0, 0.1) is 23.0 Å². The average Bonchev–Trinajstić information content (AvgIpc) is 2.39. The van der Waals surface area contributed by atoms with Crippen molar-refractivity contribution < 1.29 is 19.4 Å². The molecule has 0 aliphatic rings. The number of fused-ring (bicyclic) bond motifs is 1. The van der Waals surface area contributed by atoms with Crippen LogP contribution < -0.4 is 9.47 Å². The van der Waals surface area contributed by atoms with Gasteiger partial charge in [0.05, 0.1) is 0 Å². The first-order valence-electron chi connectivity index (χ1n) is 5.09. The van der Waals surface area contributed by atoms with Gasteiger partial charge in [-0.3, -0.25) is 0 Å². The second kappa shape index (κ2) is 4.94. The molecule has 0 aromatic heterocycles. The van der Waals surface area contributed by atoms with Gasteiger partial charge >= 0.3 is 5.97 Å². The molecule has 92 valence electrons. The second-order valence-corrected chi connectivity index (χ2v) is 3.52. The van der Waals surface area contributed by atoms with Gasteiger partial charge in [-0.15, -0.1) is 10.5 Å². The summed E-state index contributed by atoms with van der Waals surface area (Å²) in [7, 11) is 0. The molecule has 0 heterocycles. The van der Waals surface area contributed by atoms with Crippen molar-refractivity contribution in [3.8, 4) is 24.0 Å². The van der Waals surface area contributed by atoms with E-state index < -0.39 is 5.97 Å². The molecule has 1 N–H and O–H groups in total. The number of hydrogen-bond acceptors (Lipinski definition) is 5. The summed E-state index contributed by atoms with van der Waals surface area (Å²) in [6.07, 6.45) is 2.97. The van der Waals surface area contributed by atoms with Gasteiger partial charge in [-0.05, 0) is 23.6 Å². The Morgan fingerprint density at radius 2 is 1.79 bits per heavy atom. The number of carboxylic acids is 1. The lowest BCUT2D eigenvalue weighted by molar-refractivity contribution is 0.0694. The Hall–Kier alpha value is -3.25. The Kier molecular flexibility index (Phi) is 3.18. The number of carboxylic acid groups (broad SMARTS) is 1. The third-order valence-electron chi connectivity index (χ3n) is 2.48. The molecule has 2 aromatic carbocycles. The average molecular weight is 254 g/mol. The van der Waals surface area contributed by atoms with Gasteiger partial charge < -0.3 is 14.6 Å². The van der Waals surface area contributed by atoms with Crippen molar-refractivity contribution in [2.45, 2.75) is 0 Å². The van der Waals surface area contributed by atoms with Gasteiger partial charge in [0.25, 0.3) is 12.5 Å². The van der Waals surface area contributed by atoms with E-state index >= 15 is 0 Å². The summed E-state index contributed by atoms with van der Waals surface area (Å²) in [5.41, 5.74) is -0.178. The summed E-state index contributed by atoms with van der Waals surface area (Å²) < 4.78 is 9.39. The summed E-state index contributed by atoms with van der Waals surface area (Å²) >= 11 is 0. The largest absolute Gasteiger partial charge is 0.478 e. The summed E-state index contributed by atoms with van der Waals surface area (Å²) in [6.45, 7) is 0. The molecule has 0 spiro atoms. The molecule has 0 atom stereocenters. The summed E-state index contributed by atoms with van der Waals surface area (Å²) in [5, 5.41) is 27.2. The van der Waals surface area contributed by atoms with Gasteiger partial charge in [-0.1, -0.05) is 12.1 Å². The Bertz CT molecular complexity index is 741. The Morgan fingerprint density at radius 3 is 2.42 bits per heavy atom. The van der Waals surface area contributed by atoms with Crippen LogP contribution in [0.25, 0.3) is 10.8 Å². The molecule has 2 rings (SSSR count). The molecular formula is C13H6N2O4. The Balaban J connectivity index is 2.75. The fraction of sp³-hybridized carbons (Fsp3) is 0. The molecular weight excluding hydrogens is 248 g/mol. The maximum Gasteiger partial charge on any atom is 0.339 e. The fourth-order valence-electron chi connectivity index (χ4n) is 1.71. The topological polar surface area (TPSA) is 103 Å². The molecule has 0 amide bonds. The van der Waals surface area contributed by atoms with Crippen molar-refractivity contribution in [3.63, 3.8) is 0 Å². The van der Waals surface area contributed by atoms with Crippen molar-refractivity contribution in [1.29, 1.82) is 10.5 Å². The number of benzene rings is 2. The van der Waals surface area contributed by atoms with Crippen molar-refractivity contribution in [3.05, 3.63) is 35.9 Å². The molecule has 0 radical (unpaired) electrons. The molecule has 0 aliphatic heterocycles. The van der Waals surface area contributed by atoms with Crippen LogP contribution in [0.4, 0.5) is 0 Å². The lowest BCUT2D eigenvalue weighted by atomic mass is 10.0. The highest BCUT2D eigenvalue weighted by molar-refractivity contribution is 5.99. The lowest BCUT2D eigenvalue weighted by Crippen LogP contribution is -2.00. The highest BCUT2D eigenvalue weighted by Crippen LogP contribution is 2.32. The number of nitrogens with zero attached hydrogens (tertiary/aromatic N) is 2. The molecule has 2 aromatic rings. The summed E-state index contributed by atoms with van der Waals surface area (Å²) in [6, 6.07) is 7.59. The zero-order valence-corrected chi connectivity index (χ0v) is 9.45. The molecule has 0 saturated heterocycles. The molecule has 6 nitrogen and oxygen atoms in total. The summed E-state index contributed by atoms with van der Waals surface area (Å²) in [5.74, 6) is -1.05. The van der Waals surface area contributed by atoms with Crippen LogP contribution in [0.1, 0.15) is 10.4 Å². The van der Waals surface area contributed by atoms with E-state index in [0.29, 0.717) is 10.8 Å². The first-order chi connectivity index (χ1) is 9.17. The minimum Gasteiger partial charge on any atom is -0.478 e. The normalized spacial score (nSPS) is 9.37. The van der Waals surface area contributed by atoms with E-state index in [0.717, 1.165) is 0 Å². The van der Waals surface area contributed by atoms with Gasteiger partial charge in [-0.2, -0.15) is 0 Å². The minimum atomic E-state index is -1.24. The van der Waals surface area contributed by atoms with E-state index in [-0.39, 0.29) is 17.1 Å². The predicted molar refractivity (Wildman–Crippen MR) is 63.4 cm³/mol. The number of carbonyl (C=O) groups is 1. The van der Waals surface area contributed by atoms with E-state index in [1.165, 1.54) is 24.6 Å². The van der Waals surface area contributed by atoms with Crippen LogP contribution >= 0.6 is 0 Å². The van der Waals surface area contributed by atoms with Crippen LogP contribution in [0.5, 0.6) is 11.5 Å². The van der Waals surface area contributed by atoms with Crippen LogP contribution in [0.15, 0.2) is 30.3 Å². The standard InChI is InChI=1S/C13H6N2O4/c14-6-18-11-3-1-2-8-4-12(19-7-15)10(13(16)17)5-9(8)11/h1-5H,(H,16,17). The quantitative estimate of drug-likeness (QED) is 0.842. The van der Waals surface area contributed by atoms with Crippen molar-refractivity contribution in [2.75, 3.05) is 0 Å². The number of aromatic carboxylic acids is 1. The van der Waals surface area contributed by atoms with E-state index in [9.17, 15) is 4.79 Å². The van der Waals surface area contributed by atoms with Crippen LogP contribution in [0.3, 0.4) is 0 Å². The van der Waals surface area contributed by atoms with Crippen LogP contribution in [-0.4, -0.2) is 11.1 Å². The first-order valence-corrected chi connectivity index (χ1v) is 5.09. The maximum absolute atomic E-state index is 11.1. The zero-order chi connectivity index (χ0) is 13.8. The second-order valence-electron chi connectivity index (χ2n) is 3.52. The van der Waals surface area contributed by atoms with E-state index in [1.54, 1.807) is 18.2 Å². The Labute approximate surface area is 107 Å². The van der Waals surface area contributed by atoms with Crippen molar-refractivity contribution in [1.82, 2.24) is 0 Å². The van der Waals surface area contributed by atoms with Gasteiger partial charge in [-0.25, -0.2) is 4.79 Å². The van der Waals surface area contributed by atoms with Gasteiger partial charge in [0, 0.05) is 5.39 Å². The first kappa shape index (κ1) is 12.2. The summed E-state index contributed by atoms with van der Waals surface area (Å²) in [4.78, 5) is 11.1. The van der Waals surface area contributed by atoms with Crippen LogP contribution in [0.2, 0.25) is 0 Å². The molecule has 0 aliphatic carbocycles. The number of rotatable bonds is 3. The third kappa shape index (κ3) is 2.24. The van der Waals surface area contributed by atoms with Gasteiger partial charge in [0.2, 0.25) is 0 Å². The monoisotopic (exact) mass is 254 g/mol. The molecule has 0 unspecified atom stereocenters. The maximum atomic E-state index is 11.1. The van der Waals surface area contributed by atoms with E-state index in [4.69, 9.17) is 20.4 Å². The SMILES string of the molecule is N#COc1cc2cccc(OC#N)c2cc1C(=O)O. The highest BCUT2D eigenvalue weighted by atomic mass is 16.5. The number of nitriles is 2. The fourth-order valence-corrected chi connectivity index (χ4v) is 1.71. The predicted octanol–water partition coefficient (Wildman–Crippen LogP) is 2.26. The minimum absolute atomic E-state index is 0.0587. The van der Waals surface area contributed by atoms with E-state index in [2.05, 4.69) is 4.74 Å². The van der Waals surface area contributed by atoms with Crippen LogP contribution in [-0.2, 0) is 0 Å². The van der Waals surface area contributed by atoms with Crippen molar-refractivity contribution in [2.24, 2.45) is 0 Å². The zero-order valence-electron chi connectivity index (χ0n) is 9.45. The van der Waals surface area contributed by atoms with E-state index in [1.807, 2.05) is 0 Å². The van der Waals surface area contributed by atoms with Gasteiger partial charge in [0.1, 0.15) is 11.3 Å². The molecule has 0 saturated carbocycles. The third-order valence-corrected chi connectivity index (χ3v) is 2.48. The Morgan fingerprint density at radius 1 is 1.11 bits per heavy atom. The number of hydrogen-bond donors (Lipinski definition) is 1. The molecule has 19 heavy (non-hydrogen) atoms. The highest BCUT2D eigenvalue weighted by Gasteiger charge is 2.15.